The summed E-state index contributed by atoms with van der Waals surface area (Å²) < 4.78 is 1.24. The Morgan fingerprint density at radius 2 is 1.95 bits per heavy atom. The lowest BCUT2D eigenvalue weighted by molar-refractivity contribution is 0.174. The molecule has 1 aromatic carbocycles. The molecule has 2 heteroatoms. The molecule has 1 fully saturated rings. The maximum absolute atomic E-state index is 3.73. The van der Waals surface area contributed by atoms with E-state index in [2.05, 4.69) is 67.3 Å². The van der Waals surface area contributed by atoms with Gasteiger partial charge in [0.15, 0.2) is 0 Å². The number of hydrogen-bond acceptors (Lipinski definition) is 1. The number of rotatable bonds is 3. The number of aryl methyl sites for hydroxylation is 1. The van der Waals surface area contributed by atoms with Crippen LogP contribution in [-0.4, -0.2) is 7.05 Å². The molecule has 106 valence electrons. The smallest absolute Gasteiger partial charge is 0.0357 e. The lowest BCUT2D eigenvalue weighted by Crippen LogP contribution is -2.31. The van der Waals surface area contributed by atoms with Crippen LogP contribution in [0.15, 0.2) is 22.7 Å². The molecule has 2 rings (SSSR count). The molecule has 0 aliphatic heterocycles. The first-order chi connectivity index (χ1) is 9.02. The van der Waals surface area contributed by atoms with Gasteiger partial charge in [-0.05, 0) is 56.2 Å². The minimum Gasteiger partial charge on any atom is -0.313 e. The van der Waals surface area contributed by atoms with Gasteiger partial charge in [0, 0.05) is 10.5 Å². The quantitative estimate of drug-likeness (QED) is 0.816. The predicted octanol–water partition coefficient (Wildman–Crippen LogP) is 5.09. The van der Waals surface area contributed by atoms with Crippen molar-refractivity contribution in [1.29, 1.82) is 0 Å². The molecule has 4 unspecified atom stereocenters. The zero-order chi connectivity index (χ0) is 14.0. The van der Waals surface area contributed by atoms with Crippen LogP contribution >= 0.6 is 15.9 Å². The molecule has 0 bridgehead atoms. The molecule has 1 aliphatic carbocycles. The van der Waals surface area contributed by atoms with Crippen LogP contribution in [-0.2, 0) is 0 Å². The zero-order valence-electron chi connectivity index (χ0n) is 12.5. The molecule has 1 nitrogen and oxygen atoms in total. The van der Waals surface area contributed by atoms with Crippen LogP contribution in [0.3, 0.4) is 0 Å². The Labute approximate surface area is 126 Å². The first-order valence-electron chi connectivity index (χ1n) is 7.46. The number of benzene rings is 1. The minimum atomic E-state index is 0.476. The Balaban J connectivity index is 2.22. The maximum atomic E-state index is 3.73. The van der Waals surface area contributed by atoms with Crippen LogP contribution in [0.25, 0.3) is 0 Å². The van der Waals surface area contributed by atoms with Crippen molar-refractivity contribution in [1.82, 2.24) is 5.32 Å². The van der Waals surface area contributed by atoms with Crippen molar-refractivity contribution in [3.05, 3.63) is 33.8 Å². The summed E-state index contributed by atoms with van der Waals surface area (Å²) in [5, 5.41) is 3.56. The van der Waals surface area contributed by atoms with Gasteiger partial charge in [-0.1, -0.05) is 53.9 Å². The number of hydrogen-bond donors (Lipinski definition) is 1. The lowest BCUT2D eigenvalue weighted by Gasteiger charge is -2.37. The van der Waals surface area contributed by atoms with Crippen LogP contribution in [0.2, 0.25) is 0 Å². The van der Waals surface area contributed by atoms with Crippen LogP contribution in [0.1, 0.15) is 50.3 Å². The highest BCUT2D eigenvalue weighted by atomic mass is 79.9. The van der Waals surface area contributed by atoms with E-state index in [1.54, 1.807) is 0 Å². The van der Waals surface area contributed by atoms with Gasteiger partial charge in [0.25, 0.3) is 0 Å². The lowest BCUT2D eigenvalue weighted by atomic mass is 9.72. The molecule has 0 heterocycles. The fourth-order valence-corrected chi connectivity index (χ4v) is 3.93. The number of halogens is 1. The second-order valence-electron chi connectivity index (χ2n) is 6.32. The first kappa shape index (κ1) is 15.1. The van der Waals surface area contributed by atoms with E-state index in [0.717, 1.165) is 17.8 Å². The molecule has 19 heavy (non-hydrogen) atoms. The second-order valence-corrected chi connectivity index (χ2v) is 7.17. The Morgan fingerprint density at radius 3 is 2.58 bits per heavy atom. The Bertz CT molecular complexity index is 429. The molecule has 1 aromatic rings. The van der Waals surface area contributed by atoms with Gasteiger partial charge < -0.3 is 5.32 Å². The summed E-state index contributed by atoms with van der Waals surface area (Å²) in [6, 6.07) is 7.16. The Hall–Kier alpha value is -0.340. The van der Waals surface area contributed by atoms with Crippen molar-refractivity contribution in [2.24, 2.45) is 17.8 Å². The largest absolute Gasteiger partial charge is 0.313 e. The fraction of sp³-hybridized carbons (Fsp3) is 0.647. The summed E-state index contributed by atoms with van der Waals surface area (Å²) in [6.45, 7) is 6.99. The standard InChI is InChI=1S/C17H26BrN/c1-11-5-8-16(18)15(9-11)17(19-4)14-7-6-12(2)13(3)10-14/h5,8-9,12-14,17,19H,6-7,10H2,1-4H3. The van der Waals surface area contributed by atoms with Gasteiger partial charge in [-0.3, -0.25) is 0 Å². The van der Waals surface area contributed by atoms with Crippen molar-refractivity contribution >= 4 is 15.9 Å². The third-order valence-corrected chi connectivity index (χ3v) is 5.63. The summed E-state index contributed by atoms with van der Waals surface area (Å²) in [6.07, 6.45) is 4.05. The molecule has 1 aliphatic rings. The van der Waals surface area contributed by atoms with E-state index in [9.17, 15) is 0 Å². The topological polar surface area (TPSA) is 12.0 Å². The Morgan fingerprint density at radius 1 is 1.21 bits per heavy atom. The van der Waals surface area contributed by atoms with Gasteiger partial charge >= 0.3 is 0 Å². The van der Waals surface area contributed by atoms with Gasteiger partial charge in [-0.2, -0.15) is 0 Å². The number of nitrogens with one attached hydrogen (secondary N) is 1. The van der Waals surface area contributed by atoms with E-state index >= 15 is 0 Å². The van der Waals surface area contributed by atoms with Gasteiger partial charge in [0.2, 0.25) is 0 Å². The summed E-state index contributed by atoms with van der Waals surface area (Å²) in [4.78, 5) is 0. The minimum absolute atomic E-state index is 0.476. The van der Waals surface area contributed by atoms with Gasteiger partial charge in [-0.15, -0.1) is 0 Å². The van der Waals surface area contributed by atoms with Crippen LogP contribution < -0.4 is 5.32 Å². The first-order valence-corrected chi connectivity index (χ1v) is 8.25. The van der Waals surface area contributed by atoms with E-state index < -0.39 is 0 Å². The fourth-order valence-electron chi connectivity index (χ4n) is 3.44. The summed E-state index contributed by atoms with van der Waals surface area (Å²) in [7, 11) is 2.10. The SMILES string of the molecule is CNC(c1cc(C)ccc1Br)C1CCC(C)C(C)C1. The molecule has 4 atom stereocenters. The van der Waals surface area contributed by atoms with E-state index in [-0.39, 0.29) is 0 Å². The maximum Gasteiger partial charge on any atom is 0.0357 e. The molecule has 0 spiro atoms. The zero-order valence-corrected chi connectivity index (χ0v) is 14.1. The summed E-state index contributed by atoms with van der Waals surface area (Å²) >= 11 is 3.73. The van der Waals surface area contributed by atoms with Crippen LogP contribution in [0, 0.1) is 24.7 Å². The van der Waals surface area contributed by atoms with Gasteiger partial charge in [-0.25, -0.2) is 0 Å². The average molecular weight is 324 g/mol. The highest BCUT2D eigenvalue weighted by Crippen LogP contribution is 2.41. The predicted molar refractivity (Wildman–Crippen MR) is 86.3 cm³/mol. The van der Waals surface area contributed by atoms with Crippen LogP contribution in [0.4, 0.5) is 0 Å². The second kappa shape index (κ2) is 6.41. The van der Waals surface area contributed by atoms with E-state index in [0.29, 0.717) is 6.04 Å². The molecule has 1 saturated carbocycles. The van der Waals surface area contributed by atoms with Crippen molar-refractivity contribution in [3.63, 3.8) is 0 Å². The molecule has 1 N–H and O–H groups in total. The molecular weight excluding hydrogens is 298 g/mol. The molecule has 0 aromatic heterocycles. The van der Waals surface area contributed by atoms with Gasteiger partial charge in [0.1, 0.15) is 0 Å². The molecule has 0 amide bonds. The molecule has 0 saturated heterocycles. The normalized spacial score (nSPS) is 29.2. The van der Waals surface area contributed by atoms with Crippen molar-refractivity contribution in [2.75, 3.05) is 7.05 Å². The van der Waals surface area contributed by atoms with Crippen molar-refractivity contribution in [2.45, 2.75) is 46.1 Å². The highest BCUT2D eigenvalue weighted by molar-refractivity contribution is 9.10. The van der Waals surface area contributed by atoms with E-state index in [4.69, 9.17) is 0 Å². The van der Waals surface area contributed by atoms with E-state index in [1.807, 2.05) is 0 Å². The summed E-state index contributed by atoms with van der Waals surface area (Å²) in [5.74, 6) is 2.49. The van der Waals surface area contributed by atoms with Gasteiger partial charge in [0.05, 0.1) is 0 Å². The average Bonchev–Trinajstić information content (AvgIpc) is 2.38. The highest BCUT2D eigenvalue weighted by Gasteiger charge is 2.31. The third-order valence-electron chi connectivity index (χ3n) is 4.91. The van der Waals surface area contributed by atoms with Crippen molar-refractivity contribution in [3.8, 4) is 0 Å². The molecule has 0 radical (unpaired) electrons. The Kier molecular flexibility index (Phi) is 5.08. The van der Waals surface area contributed by atoms with Crippen molar-refractivity contribution < 1.29 is 0 Å². The van der Waals surface area contributed by atoms with Crippen LogP contribution in [0.5, 0.6) is 0 Å². The summed E-state index contributed by atoms with van der Waals surface area (Å²) in [5.41, 5.74) is 2.77. The van der Waals surface area contributed by atoms with E-state index in [1.165, 1.54) is 34.9 Å². The molecular formula is C17H26BrN. The monoisotopic (exact) mass is 323 g/mol. The third kappa shape index (κ3) is 3.41.